The molecule has 3 heteroatoms. The SMILES string of the molecule is C#CC(C)(C)c1cc(C)nc2c(C)cc(SF)cc12. The summed E-state index contributed by atoms with van der Waals surface area (Å²) in [5.41, 5.74) is 3.41. The minimum Gasteiger partial charge on any atom is -0.253 e. The smallest absolute Gasteiger partial charge is 0.0812 e. The van der Waals surface area contributed by atoms with E-state index in [1.807, 2.05) is 45.9 Å². The normalized spacial score (nSPS) is 11.6. The number of hydrogen-bond acceptors (Lipinski definition) is 2. The molecule has 19 heavy (non-hydrogen) atoms. The van der Waals surface area contributed by atoms with Crippen LogP contribution in [0.1, 0.15) is 30.7 Å². The summed E-state index contributed by atoms with van der Waals surface area (Å²) in [6.45, 7) is 7.88. The van der Waals surface area contributed by atoms with E-state index in [1.54, 1.807) is 0 Å². The first kappa shape index (κ1) is 13.9. The first-order chi connectivity index (χ1) is 8.89. The van der Waals surface area contributed by atoms with Crippen molar-refractivity contribution < 1.29 is 3.89 Å². The van der Waals surface area contributed by atoms with Crippen LogP contribution in [0.25, 0.3) is 10.9 Å². The molecule has 1 aromatic heterocycles. The molecule has 0 fully saturated rings. The number of terminal acetylenes is 1. The van der Waals surface area contributed by atoms with Crippen molar-refractivity contribution in [2.24, 2.45) is 0 Å². The third-order valence-electron chi connectivity index (χ3n) is 3.33. The Morgan fingerprint density at radius 2 is 1.95 bits per heavy atom. The summed E-state index contributed by atoms with van der Waals surface area (Å²) in [7, 11) is 0. The molecule has 0 bridgehead atoms. The summed E-state index contributed by atoms with van der Waals surface area (Å²) < 4.78 is 12.9. The highest BCUT2D eigenvalue weighted by Crippen LogP contribution is 2.34. The van der Waals surface area contributed by atoms with Gasteiger partial charge in [0.15, 0.2) is 0 Å². The molecule has 0 aliphatic rings. The van der Waals surface area contributed by atoms with E-state index < -0.39 is 5.41 Å². The van der Waals surface area contributed by atoms with Gasteiger partial charge in [-0.05, 0) is 57.0 Å². The highest BCUT2D eigenvalue weighted by Gasteiger charge is 2.22. The van der Waals surface area contributed by atoms with E-state index in [4.69, 9.17) is 6.42 Å². The molecule has 0 aliphatic carbocycles. The zero-order chi connectivity index (χ0) is 14.2. The quantitative estimate of drug-likeness (QED) is 0.733. The Bertz CT molecular complexity index is 683. The van der Waals surface area contributed by atoms with Gasteiger partial charge in [0, 0.05) is 16.0 Å². The van der Waals surface area contributed by atoms with Gasteiger partial charge in [-0.1, -0.05) is 5.92 Å². The lowest BCUT2D eigenvalue weighted by atomic mass is 9.83. The molecule has 2 aromatic rings. The summed E-state index contributed by atoms with van der Waals surface area (Å²) in [5.74, 6) is 2.81. The lowest BCUT2D eigenvalue weighted by Crippen LogP contribution is -2.15. The lowest BCUT2D eigenvalue weighted by Gasteiger charge is -2.21. The number of aromatic nitrogens is 1. The summed E-state index contributed by atoms with van der Waals surface area (Å²) in [4.78, 5) is 5.15. The number of halogens is 1. The molecule has 0 spiro atoms. The van der Waals surface area contributed by atoms with Crippen LogP contribution in [-0.4, -0.2) is 4.98 Å². The van der Waals surface area contributed by atoms with Gasteiger partial charge in [0.25, 0.3) is 0 Å². The average molecular weight is 273 g/mol. The van der Waals surface area contributed by atoms with E-state index in [1.165, 1.54) is 0 Å². The molecule has 2 rings (SSSR count). The van der Waals surface area contributed by atoms with Gasteiger partial charge in [0.1, 0.15) is 0 Å². The molecule has 0 amide bonds. The Balaban J connectivity index is 2.91. The zero-order valence-corrected chi connectivity index (χ0v) is 12.4. The highest BCUT2D eigenvalue weighted by atomic mass is 32.2. The second-order valence-electron chi connectivity index (χ2n) is 5.29. The molecule has 1 heterocycles. The Kier molecular flexibility index (Phi) is 3.56. The van der Waals surface area contributed by atoms with Gasteiger partial charge in [0.05, 0.1) is 23.1 Å². The van der Waals surface area contributed by atoms with Crippen LogP contribution < -0.4 is 0 Å². The number of hydrogen-bond donors (Lipinski definition) is 0. The highest BCUT2D eigenvalue weighted by molar-refractivity contribution is 7.94. The minimum atomic E-state index is -0.405. The average Bonchev–Trinajstić information content (AvgIpc) is 2.38. The standard InChI is InChI=1S/C16H16FNS/c1-6-16(4,5)14-8-11(3)18-15-10(2)7-12(19-17)9-13(14)15/h1,7-9H,2-5H3. The molecule has 1 nitrogen and oxygen atoms in total. The van der Waals surface area contributed by atoms with E-state index in [0.717, 1.165) is 27.7 Å². The van der Waals surface area contributed by atoms with Gasteiger partial charge in [-0.3, -0.25) is 4.98 Å². The number of rotatable bonds is 2. The fraction of sp³-hybridized carbons (Fsp3) is 0.312. The maximum atomic E-state index is 12.9. The molecule has 0 saturated heterocycles. The second-order valence-corrected chi connectivity index (χ2v) is 5.92. The van der Waals surface area contributed by atoms with Crippen molar-refractivity contribution in [3.8, 4) is 12.3 Å². The molecule has 0 unspecified atom stereocenters. The summed E-state index contributed by atoms with van der Waals surface area (Å²) >= 11 is 0.249. The van der Waals surface area contributed by atoms with Gasteiger partial charge in [-0.15, -0.1) is 6.42 Å². The largest absolute Gasteiger partial charge is 0.253 e. The number of aryl methyl sites for hydroxylation is 2. The van der Waals surface area contributed by atoms with Crippen LogP contribution in [0.3, 0.4) is 0 Å². The van der Waals surface area contributed by atoms with Crippen LogP contribution in [0.5, 0.6) is 0 Å². The van der Waals surface area contributed by atoms with Gasteiger partial charge in [0.2, 0.25) is 0 Å². The molecule has 1 aromatic carbocycles. The van der Waals surface area contributed by atoms with E-state index in [9.17, 15) is 3.89 Å². The Morgan fingerprint density at radius 1 is 1.26 bits per heavy atom. The predicted molar refractivity (Wildman–Crippen MR) is 80.0 cm³/mol. The van der Waals surface area contributed by atoms with Crippen LogP contribution in [0.15, 0.2) is 23.1 Å². The fourth-order valence-corrected chi connectivity index (χ4v) is 2.62. The van der Waals surface area contributed by atoms with Crippen LogP contribution in [0, 0.1) is 26.2 Å². The van der Waals surface area contributed by atoms with E-state index in [2.05, 4.69) is 10.9 Å². The van der Waals surface area contributed by atoms with Crippen molar-refractivity contribution in [1.29, 1.82) is 0 Å². The van der Waals surface area contributed by atoms with Crippen LogP contribution in [0.4, 0.5) is 3.89 Å². The first-order valence-corrected chi connectivity index (χ1v) is 6.79. The predicted octanol–water partition coefficient (Wildman–Crippen LogP) is 4.74. The van der Waals surface area contributed by atoms with Gasteiger partial charge >= 0.3 is 0 Å². The summed E-state index contributed by atoms with van der Waals surface area (Å²) in [6, 6.07) is 5.63. The maximum absolute atomic E-state index is 12.9. The van der Waals surface area contributed by atoms with E-state index >= 15 is 0 Å². The molecule has 0 saturated carbocycles. The second kappa shape index (κ2) is 4.86. The first-order valence-electron chi connectivity index (χ1n) is 6.08. The summed E-state index contributed by atoms with van der Waals surface area (Å²) in [5, 5.41) is 0.939. The molecule has 0 aliphatic heterocycles. The molecule has 0 N–H and O–H groups in total. The van der Waals surface area contributed by atoms with Crippen molar-refractivity contribution in [3.63, 3.8) is 0 Å². The minimum absolute atomic E-state index is 0.249. The van der Waals surface area contributed by atoms with Crippen LogP contribution in [-0.2, 0) is 5.41 Å². The van der Waals surface area contributed by atoms with Crippen LogP contribution in [0.2, 0.25) is 0 Å². The zero-order valence-electron chi connectivity index (χ0n) is 11.5. The van der Waals surface area contributed by atoms with Crippen molar-refractivity contribution >= 4 is 23.1 Å². The van der Waals surface area contributed by atoms with E-state index in [-0.39, 0.29) is 12.1 Å². The van der Waals surface area contributed by atoms with Crippen molar-refractivity contribution in [2.75, 3.05) is 0 Å². The molecule has 98 valence electrons. The van der Waals surface area contributed by atoms with Crippen molar-refractivity contribution in [1.82, 2.24) is 4.98 Å². The number of fused-ring (bicyclic) bond motifs is 1. The molecule has 0 radical (unpaired) electrons. The van der Waals surface area contributed by atoms with Gasteiger partial charge in [-0.2, -0.15) is 3.89 Å². The maximum Gasteiger partial charge on any atom is 0.0812 e. The Hall–Kier alpha value is -1.53. The molecular formula is C16H16FNS. The van der Waals surface area contributed by atoms with Gasteiger partial charge < -0.3 is 0 Å². The third kappa shape index (κ3) is 2.46. The molecular weight excluding hydrogens is 257 g/mol. The monoisotopic (exact) mass is 273 g/mol. The fourth-order valence-electron chi connectivity index (χ4n) is 2.23. The lowest BCUT2D eigenvalue weighted by molar-refractivity contribution is 0.704. The Labute approximate surface area is 117 Å². The number of nitrogens with zero attached hydrogens (tertiary/aromatic N) is 1. The van der Waals surface area contributed by atoms with Crippen LogP contribution >= 0.6 is 12.1 Å². The van der Waals surface area contributed by atoms with Crippen molar-refractivity contribution in [3.05, 3.63) is 35.0 Å². The van der Waals surface area contributed by atoms with Gasteiger partial charge in [-0.25, -0.2) is 0 Å². The topological polar surface area (TPSA) is 12.9 Å². The molecule has 0 atom stereocenters. The Morgan fingerprint density at radius 3 is 2.53 bits per heavy atom. The van der Waals surface area contributed by atoms with E-state index in [0.29, 0.717) is 4.90 Å². The number of benzene rings is 1. The third-order valence-corrected chi connectivity index (χ3v) is 3.74. The summed E-state index contributed by atoms with van der Waals surface area (Å²) in [6.07, 6.45) is 5.64. The number of pyridine rings is 1. The van der Waals surface area contributed by atoms with Crippen molar-refractivity contribution in [2.45, 2.75) is 38.0 Å².